The Morgan fingerprint density at radius 2 is 1.33 bits per heavy atom. The number of allylic oxidation sites excluding steroid dienone is 4. The number of hydrogen-bond donors (Lipinski definition) is 0. The monoisotopic (exact) mass is 163 g/mol. The summed E-state index contributed by atoms with van der Waals surface area (Å²) in [6, 6.07) is 0. The molecule has 1 radical (unpaired) electrons. The van der Waals surface area contributed by atoms with Gasteiger partial charge in [-0.25, -0.2) is 0 Å². The minimum absolute atomic E-state index is 1.12. The molecular weight excluding hydrogens is 144 g/mol. The van der Waals surface area contributed by atoms with Gasteiger partial charge < -0.3 is 0 Å². The van der Waals surface area contributed by atoms with E-state index >= 15 is 0 Å². The number of hydrogen-bond acceptors (Lipinski definition) is 0. The van der Waals surface area contributed by atoms with Crippen molar-refractivity contribution in [3.05, 3.63) is 30.7 Å². The van der Waals surface area contributed by atoms with E-state index in [0.29, 0.717) is 0 Å². The molecule has 0 spiro atoms. The van der Waals surface area contributed by atoms with Crippen molar-refractivity contribution in [3.8, 4) is 0 Å². The van der Waals surface area contributed by atoms with E-state index in [1.165, 1.54) is 32.1 Å². The average Bonchev–Trinajstić information content (AvgIpc) is 2.05. The molecule has 0 aromatic heterocycles. The van der Waals surface area contributed by atoms with E-state index in [9.17, 15) is 0 Å². The van der Waals surface area contributed by atoms with Gasteiger partial charge in [0.1, 0.15) is 0 Å². The van der Waals surface area contributed by atoms with E-state index in [4.69, 9.17) is 0 Å². The van der Waals surface area contributed by atoms with E-state index in [2.05, 4.69) is 30.7 Å². The summed E-state index contributed by atoms with van der Waals surface area (Å²) in [6.45, 7) is 0. The third-order valence-corrected chi connectivity index (χ3v) is 2.19. The van der Waals surface area contributed by atoms with Crippen molar-refractivity contribution in [2.45, 2.75) is 44.9 Å². The first-order valence-corrected chi connectivity index (χ1v) is 5.12. The van der Waals surface area contributed by atoms with Gasteiger partial charge in [-0.1, -0.05) is 37.1 Å². The van der Waals surface area contributed by atoms with Gasteiger partial charge in [-0.3, -0.25) is 0 Å². The van der Waals surface area contributed by atoms with Crippen molar-refractivity contribution in [1.82, 2.24) is 0 Å². The Bertz CT molecular complexity index is 126. The van der Waals surface area contributed by atoms with Crippen molar-refractivity contribution in [3.63, 3.8) is 0 Å². The van der Waals surface area contributed by atoms with Crippen LogP contribution in [0.4, 0.5) is 0 Å². The first kappa shape index (κ1) is 9.57. The molecule has 1 aliphatic rings. The SMILES string of the molecule is [CH]1C/C=C\C/C=C/CCCCC1. The van der Waals surface area contributed by atoms with E-state index in [-0.39, 0.29) is 0 Å². The Morgan fingerprint density at radius 3 is 2.33 bits per heavy atom. The summed E-state index contributed by atoms with van der Waals surface area (Å²) in [4.78, 5) is 0. The topological polar surface area (TPSA) is 0 Å². The highest BCUT2D eigenvalue weighted by Crippen LogP contribution is 2.08. The summed E-state index contributed by atoms with van der Waals surface area (Å²) in [5.74, 6) is 0. The van der Waals surface area contributed by atoms with Crippen LogP contribution < -0.4 is 0 Å². The average molecular weight is 163 g/mol. The molecule has 0 aromatic rings. The maximum absolute atomic E-state index is 2.39. The van der Waals surface area contributed by atoms with E-state index in [1.807, 2.05) is 0 Å². The summed E-state index contributed by atoms with van der Waals surface area (Å²) in [5, 5.41) is 0. The van der Waals surface area contributed by atoms with Crippen molar-refractivity contribution in [2.24, 2.45) is 0 Å². The molecular formula is C12H19. The fourth-order valence-corrected chi connectivity index (χ4v) is 1.43. The maximum atomic E-state index is 2.39. The lowest BCUT2D eigenvalue weighted by molar-refractivity contribution is 0.675. The molecule has 67 valence electrons. The molecule has 0 saturated carbocycles. The van der Waals surface area contributed by atoms with Crippen molar-refractivity contribution in [2.75, 3.05) is 0 Å². The van der Waals surface area contributed by atoms with Crippen LogP contribution in [0.3, 0.4) is 0 Å². The molecule has 0 amide bonds. The van der Waals surface area contributed by atoms with Gasteiger partial charge in [0.2, 0.25) is 0 Å². The van der Waals surface area contributed by atoms with Crippen LogP contribution in [0.5, 0.6) is 0 Å². The van der Waals surface area contributed by atoms with E-state index in [0.717, 1.165) is 12.8 Å². The van der Waals surface area contributed by atoms with Gasteiger partial charge in [-0.05, 0) is 38.5 Å². The standard InChI is InChI=1S/C12H19/c1-2-4-6-8-10-12-11-9-7-5-3-1/h1-2,5-7H,3-4,8-12H2/b2-1-,7-5+. The van der Waals surface area contributed by atoms with Crippen LogP contribution in [-0.2, 0) is 0 Å². The van der Waals surface area contributed by atoms with Crippen LogP contribution in [-0.4, -0.2) is 0 Å². The Hall–Kier alpha value is -0.520. The van der Waals surface area contributed by atoms with Crippen LogP contribution >= 0.6 is 0 Å². The smallest absolute Gasteiger partial charge is 0.0169 e. The van der Waals surface area contributed by atoms with Gasteiger partial charge in [0, 0.05) is 0 Å². The lowest BCUT2D eigenvalue weighted by atomic mass is 10.1. The molecule has 0 aliphatic heterocycles. The highest BCUT2D eigenvalue weighted by molar-refractivity contribution is 4.95. The summed E-state index contributed by atoms with van der Waals surface area (Å²) in [5.41, 5.74) is 0. The third kappa shape index (κ3) is 5.17. The molecule has 12 heavy (non-hydrogen) atoms. The first-order valence-electron chi connectivity index (χ1n) is 5.12. The fraction of sp³-hybridized carbons (Fsp3) is 0.583. The fourth-order valence-electron chi connectivity index (χ4n) is 1.43. The second-order valence-electron chi connectivity index (χ2n) is 3.34. The molecule has 0 bridgehead atoms. The normalized spacial score (nSPS) is 26.7. The molecule has 0 heteroatoms. The zero-order chi connectivity index (χ0) is 8.49. The van der Waals surface area contributed by atoms with Gasteiger partial charge >= 0.3 is 0 Å². The summed E-state index contributed by atoms with van der Waals surface area (Å²) >= 11 is 0. The Kier molecular flexibility index (Phi) is 5.70. The van der Waals surface area contributed by atoms with Crippen LogP contribution in [0.2, 0.25) is 0 Å². The summed E-state index contributed by atoms with van der Waals surface area (Å²) < 4.78 is 0. The first-order chi connectivity index (χ1) is 6.00. The molecule has 1 rings (SSSR count). The van der Waals surface area contributed by atoms with Crippen molar-refractivity contribution >= 4 is 0 Å². The number of rotatable bonds is 0. The largest absolute Gasteiger partial charge is 0.0882 e. The minimum atomic E-state index is 1.12. The molecule has 0 nitrogen and oxygen atoms in total. The second kappa shape index (κ2) is 7.15. The Labute approximate surface area is 76.4 Å². The zero-order valence-electron chi connectivity index (χ0n) is 7.84. The molecule has 0 unspecified atom stereocenters. The maximum Gasteiger partial charge on any atom is -0.0169 e. The molecule has 0 atom stereocenters. The minimum Gasteiger partial charge on any atom is -0.0882 e. The molecule has 0 fully saturated rings. The predicted octanol–water partition coefficient (Wildman–Crippen LogP) is 4.05. The molecule has 0 saturated heterocycles. The Morgan fingerprint density at radius 1 is 0.583 bits per heavy atom. The third-order valence-electron chi connectivity index (χ3n) is 2.19. The predicted molar refractivity (Wildman–Crippen MR) is 54.9 cm³/mol. The lowest BCUT2D eigenvalue weighted by Crippen LogP contribution is -1.80. The summed E-state index contributed by atoms with van der Waals surface area (Å²) in [6.07, 6.45) is 20.5. The van der Waals surface area contributed by atoms with Crippen LogP contribution in [0, 0.1) is 6.42 Å². The lowest BCUT2D eigenvalue weighted by Gasteiger charge is -1.98. The van der Waals surface area contributed by atoms with Gasteiger partial charge in [-0.15, -0.1) is 0 Å². The van der Waals surface area contributed by atoms with Gasteiger partial charge in [0.05, 0.1) is 0 Å². The zero-order valence-corrected chi connectivity index (χ0v) is 7.84. The molecule has 0 heterocycles. The van der Waals surface area contributed by atoms with Crippen LogP contribution in [0.25, 0.3) is 0 Å². The van der Waals surface area contributed by atoms with Crippen molar-refractivity contribution in [1.29, 1.82) is 0 Å². The van der Waals surface area contributed by atoms with Crippen molar-refractivity contribution < 1.29 is 0 Å². The molecule has 1 aliphatic carbocycles. The van der Waals surface area contributed by atoms with Crippen LogP contribution in [0.1, 0.15) is 44.9 Å². The highest BCUT2D eigenvalue weighted by Gasteiger charge is 1.89. The van der Waals surface area contributed by atoms with Gasteiger partial charge in [-0.2, -0.15) is 0 Å². The van der Waals surface area contributed by atoms with Gasteiger partial charge in [0.25, 0.3) is 0 Å². The second-order valence-corrected chi connectivity index (χ2v) is 3.34. The molecule has 0 N–H and O–H groups in total. The summed E-state index contributed by atoms with van der Waals surface area (Å²) in [7, 11) is 0. The van der Waals surface area contributed by atoms with E-state index < -0.39 is 0 Å². The quantitative estimate of drug-likeness (QED) is 0.473. The van der Waals surface area contributed by atoms with Gasteiger partial charge in [0.15, 0.2) is 0 Å². The van der Waals surface area contributed by atoms with E-state index in [1.54, 1.807) is 0 Å². The highest BCUT2D eigenvalue weighted by atomic mass is 14.0. The molecule has 0 aromatic carbocycles. The van der Waals surface area contributed by atoms with Crippen LogP contribution in [0.15, 0.2) is 24.3 Å². The Balaban J connectivity index is 2.20.